The number of carbonyl (C=O) groups is 1. The summed E-state index contributed by atoms with van der Waals surface area (Å²) in [6.45, 7) is 1.19. The van der Waals surface area contributed by atoms with Crippen LogP contribution in [-0.4, -0.2) is 18.5 Å². The van der Waals surface area contributed by atoms with Crippen molar-refractivity contribution in [1.29, 1.82) is 0 Å². The second kappa shape index (κ2) is 7.12. The van der Waals surface area contributed by atoms with Crippen LogP contribution in [0.5, 0.6) is 0 Å². The van der Waals surface area contributed by atoms with Crippen LogP contribution in [0.3, 0.4) is 0 Å². The third-order valence-corrected chi connectivity index (χ3v) is 6.36. The average molecular weight is 361 g/mol. The molecule has 0 saturated heterocycles. The predicted octanol–water partition coefficient (Wildman–Crippen LogP) is 4.67. The minimum Gasteiger partial charge on any atom is -0.322 e. The topological polar surface area (TPSA) is 41.1 Å². The van der Waals surface area contributed by atoms with Crippen molar-refractivity contribution in [2.75, 3.05) is 11.9 Å². The highest BCUT2D eigenvalue weighted by molar-refractivity contribution is 6.04. The number of amides is 1. The lowest BCUT2D eigenvalue weighted by atomic mass is 9.90. The molecule has 3 heteroatoms. The number of aryl methyl sites for hydroxylation is 2. The molecular weight excluding hydrogens is 332 g/mol. The Labute approximate surface area is 161 Å². The number of fused-ring (bicyclic) bond motifs is 1. The molecule has 2 N–H and O–H groups in total. The predicted molar refractivity (Wildman–Crippen MR) is 109 cm³/mol. The number of benzene rings is 2. The van der Waals surface area contributed by atoms with Crippen LogP contribution in [0.2, 0.25) is 0 Å². The van der Waals surface area contributed by atoms with E-state index in [1.54, 1.807) is 0 Å². The molecule has 5 rings (SSSR count). The van der Waals surface area contributed by atoms with Crippen molar-refractivity contribution in [1.82, 2.24) is 5.32 Å². The lowest BCUT2D eigenvalue weighted by molar-refractivity contribution is 0.102. The monoisotopic (exact) mass is 360 g/mol. The summed E-state index contributed by atoms with van der Waals surface area (Å²) in [5, 5.41) is 6.75. The number of carbonyl (C=O) groups excluding carboxylic acids is 1. The molecule has 0 heterocycles. The maximum Gasteiger partial charge on any atom is 0.255 e. The van der Waals surface area contributed by atoms with Crippen LogP contribution in [0.15, 0.2) is 42.5 Å². The Morgan fingerprint density at radius 2 is 1.74 bits per heavy atom. The molecule has 27 heavy (non-hydrogen) atoms. The van der Waals surface area contributed by atoms with E-state index in [0.29, 0.717) is 12.0 Å². The molecule has 0 spiro atoms. The molecule has 3 aliphatic carbocycles. The lowest BCUT2D eigenvalue weighted by Gasteiger charge is -2.16. The molecule has 2 aromatic carbocycles. The van der Waals surface area contributed by atoms with E-state index in [0.717, 1.165) is 30.0 Å². The molecule has 0 aliphatic heterocycles. The fourth-order valence-electron chi connectivity index (χ4n) is 4.32. The number of rotatable bonds is 6. The van der Waals surface area contributed by atoms with Gasteiger partial charge in [0.25, 0.3) is 5.91 Å². The van der Waals surface area contributed by atoms with Gasteiger partial charge >= 0.3 is 0 Å². The summed E-state index contributed by atoms with van der Waals surface area (Å²) in [6, 6.07) is 15.3. The third kappa shape index (κ3) is 3.93. The maximum absolute atomic E-state index is 12.6. The first-order valence-electron chi connectivity index (χ1n) is 10.5. The molecule has 2 fully saturated rings. The average Bonchev–Trinajstić information content (AvgIpc) is 3.61. The summed E-state index contributed by atoms with van der Waals surface area (Å²) in [7, 11) is 0. The summed E-state index contributed by atoms with van der Waals surface area (Å²) in [5.41, 5.74) is 5.80. The van der Waals surface area contributed by atoms with E-state index in [1.165, 1.54) is 55.3 Å². The number of anilines is 1. The van der Waals surface area contributed by atoms with Gasteiger partial charge in [-0.2, -0.15) is 0 Å². The van der Waals surface area contributed by atoms with E-state index in [-0.39, 0.29) is 5.91 Å². The quantitative estimate of drug-likeness (QED) is 0.786. The minimum absolute atomic E-state index is 0.00785. The van der Waals surface area contributed by atoms with Crippen LogP contribution in [0.4, 0.5) is 5.69 Å². The van der Waals surface area contributed by atoms with Gasteiger partial charge in [0.15, 0.2) is 0 Å². The van der Waals surface area contributed by atoms with Crippen molar-refractivity contribution in [3.8, 4) is 0 Å². The summed E-state index contributed by atoms with van der Waals surface area (Å²) in [4.78, 5) is 12.6. The molecule has 2 atom stereocenters. The largest absolute Gasteiger partial charge is 0.322 e. The summed E-state index contributed by atoms with van der Waals surface area (Å²) < 4.78 is 0. The van der Waals surface area contributed by atoms with Crippen LogP contribution in [0.25, 0.3) is 0 Å². The Morgan fingerprint density at radius 3 is 2.52 bits per heavy atom. The molecule has 2 aromatic rings. The Balaban J connectivity index is 1.19. The third-order valence-electron chi connectivity index (χ3n) is 6.36. The van der Waals surface area contributed by atoms with Gasteiger partial charge < -0.3 is 10.6 Å². The highest BCUT2D eigenvalue weighted by atomic mass is 16.1. The number of nitrogens with one attached hydrogen (secondary N) is 2. The molecule has 1 amide bonds. The first-order valence-corrected chi connectivity index (χ1v) is 10.5. The van der Waals surface area contributed by atoms with Crippen molar-refractivity contribution >= 4 is 11.6 Å². The van der Waals surface area contributed by atoms with Gasteiger partial charge in [0, 0.05) is 23.2 Å². The van der Waals surface area contributed by atoms with Gasteiger partial charge in [-0.1, -0.05) is 18.2 Å². The second-order valence-electron chi connectivity index (χ2n) is 8.57. The number of hydrogen-bond acceptors (Lipinski definition) is 2. The molecule has 140 valence electrons. The molecular formula is C24H28N2O. The van der Waals surface area contributed by atoms with E-state index in [2.05, 4.69) is 34.9 Å². The van der Waals surface area contributed by atoms with Crippen LogP contribution in [0.1, 0.15) is 65.1 Å². The van der Waals surface area contributed by atoms with E-state index in [1.807, 2.05) is 18.2 Å². The Bertz CT molecular complexity index is 838. The Morgan fingerprint density at radius 1 is 0.963 bits per heavy atom. The molecule has 3 nitrogen and oxygen atoms in total. The number of hydrogen-bond donors (Lipinski definition) is 2. The molecule has 0 bridgehead atoms. The zero-order valence-electron chi connectivity index (χ0n) is 15.8. The van der Waals surface area contributed by atoms with Crippen LogP contribution >= 0.6 is 0 Å². The lowest BCUT2D eigenvalue weighted by Crippen LogP contribution is -2.20. The Hall–Kier alpha value is -2.13. The molecule has 3 aliphatic rings. The van der Waals surface area contributed by atoms with Crippen LogP contribution in [0, 0.1) is 5.92 Å². The van der Waals surface area contributed by atoms with Crippen LogP contribution in [-0.2, 0) is 12.8 Å². The van der Waals surface area contributed by atoms with E-state index >= 15 is 0 Å². The SMILES string of the molecule is O=C(Nc1ccc([C@@H]2C[C@H]2NCC2CC2)cc1)c1ccc2c(c1)CCCC2. The van der Waals surface area contributed by atoms with Gasteiger partial charge in [-0.05, 0) is 98.4 Å². The smallest absolute Gasteiger partial charge is 0.255 e. The summed E-state index contributed by atoms with van der Waals surface area (Å²) in [5.74, 6) is 1.58. The summed E-state index contributed by atoms with van der Waals surface area (Å²) in [6.07, 6.45) is 8.80. The van der Waals surface area contributed by atoms with E-state index in [9.17, 15) is 4.79 Å². The Kier molecular flexibility index (Phi) is 4.48. The standard InChI is InChI=1S/C24H28N2O/c27-24(20-8-7-17-3-1-2-4-19(17)13-20)26-21-11-9-18(10-12-21)22-14-23(22)25-15-16-5-6-16/h7-13,16,22-23,25H,1-6,14-15H2,(H,26,27)/t22-,23+/m0/s1. The van der Waals surface area contributed by atoms with Crippen molar-refractivity contribution in [2.24, 2.45) is 5.92 Å². The van der Waals surface area contributed by atoms with Gasteiger partial charge in [-0.15, -0.1) is 0 Å². The van der Waals surface area contributed by atoms with Crippen molar-refractivity contribution in [3.05, 3.63) is 64.7 Å². The highest BCUT2D eigenvalue weighted by Gasteiger charge is 2.38. The summed E-state index contributed by atoms with van der Waals surface area (Å²) >= 11 is 0. The normalized spacial score (nSPS) is 23.6. The molecule has 0 radical (unpaired) electrons. The maximum atomic E-state index is 12.6. The van der Waals surface area contributed by atoms with E-state index < -0.39 is 0 Å². The van der Waals surface area contributed by atoms with E-state index in [4.69, 9.17) is 0 Å². The van der Waals surface area contributed by atoms with Crippen molar-refractivity contribution in [2.45, 2.75) is 56.9 Å². The minimum atomic E-state index is -0.00785. The van der Waals surface area contributed by atoms with Gasteiger partial charge in [-0.3, -0.25) is 4.79 Å². The second-order valence-corrected chi connectivity index (χ2v) is 8.57. The fourth-order valence-corrected chi connectivity index (χ4v) is 4.32. The van der Waals surface area contributed by atoms with Crippen molar-refractivity contribution in [3.63, 3.8) is 0 Å². The van der Waals surface area contributed by atoms with Gasteiger partial charge in [-0.25, -0.2) is 0 Å². The zero-order valence-corrected chi connectivity index (χ0v) is 15.8. The molecule has 0 unspecified atom stereocenters. The molecule has 2 saturated carbocycles. The van der Waals surface area contributed by atoms with Crippen LogP contribution < -0.4 is 10.6 Å². The zero-order chi connectivity index (χ0) is 18.2. The fraction of sp³-hybridized carbons (Fsp3) is 0.458. The van der Waals surface area contributed by atoms with Crippen molar-refractivity contribution < 1.29 is 4.79 Å². The first kappa shape index (κ1) is 17.0. The van der Waals surface area contributed by atoms with Gasteiger partial charge in [0.1, 0.15) is 0 Å². The first-order chi connectivity index (χ1) is 13.3. The molecule has 0 aromatic heterocycles. The highest BCUT2D eigenvalue weighted by Crippen LogP contribution is 2.42. The van der Waals surface area contributed by atoms with Gasteiger partial charge in [0.05, 0.1) is 0 Å². The van der Waals surface area contributed by atoms with Gasteiger partial charge in [0.2, 0.25) is 0 Å².